The van der Waals surface area contributed by atoms with Crippen LogP contribution in [0.5, 0.6) is 0 Å². The van der Waals surface area contributed by atoms with E-state index in [9.17, 15) is 13.2 Å². The van der Waals surface area contributed by atoms with Crippen molar-refractivity contribution in [2.75, 3.05) is 23.4 Å². The van der Waals surface area contributed by atoms with Gasteiger partial charge < -0.3 is 4.90 Å². The topological polar surface area (TPSA) is 67.1 Å². The van der Waals surface area contributed by atoms with Crippen LogP contribution in [0.1, 0.15) is 11.8 Å². The number of anilines is 2. The van der Waals surface area contributed by atoms with E-state index < -0.39 is 12.7 Å². The van der Waals surface area contributed by atoms with Crippen LogP contribution in [0.25, 0.3) is 10.2 Å². The zero-order valence-electron chi connectivity index (χ0n) is 11.0. The number of aromatic nitrogens is 2. The minimum Gasteiger partial charge on any atom is -0.347 e. The van der Waals surface area contributed by atoms with Gasteiger partial charge in [-0.1, -0.05) is 0 Å². The number of rotatable bonds is 4. The largest absolute Gasteiger partial charge is 0.405 e. The maximum atomic E-state index is 12.6. The number of hydrogen-bond acceptors (Lipinski definition) is 6. The summed E-state index contributed by atoms with van der Waals surface area (Å²) in [6.45, 7) is 2.64. The lowest BCUT2D eigenvalue weighted by molar-refractivity contribution is -0.119. The van der Waals surface area contributed by atoms with Crippen molar-refractivity contribution >= 4 is 33.3 Å². The highest BCUT2D eigenvalue weighted by Gasteiger charge is 2.31. The highest BCUT2D eigenvalue weighted by molar-refractivity contribution is 7.18. The minimum absolute atomic E-state index is 0.106. The van der Waals surface area contributed by atoms with Crippen molar-refractivity contribution in [1.29, 1.82) is 0 Å². The summed E-state index contributed by atoms with van der Waals surface area (Å²) in [7, 11) is 0. The minimum atomic E-state index is -4.30. The molecule has 0 fully saturated rings. The predicted molar refractivity (Wildman–Crippen MR) is 73.9 cm³/mol. The second-order valence-electron chi connectivity index (χ2n) is 4.22. The third-order valence-corrected chi connectivity index (χ3v) is 3.62. The van der Waals surface area contributed by atoms with Crippen molar-refractivity contribution in [1.82, 2.24) is 9.97 Å². The number of thiophene rings is 1. The van der Waals surface area contributed by atoms with Crippen LogP contribution in [0.2, 0.25) is 0 Å². The normalized spacial score (nSPS) is 11.9. The van der Waals surface area contributed by atoms with E-state index in [0.29, 0.717) is 10.2 Å². The molecule has 0 unspecified atom stereocenters. The number of nitrogens with two attached hydrogens (primary N) is 1. The van der Waals surface area contributed by atoms with Gasteiger partial charge in [-0.2, -0.15) is 18.2 Å². The molecule has 0 aliphatic heterocycles. The highest BCUT2D eigenvalue weighted by Crippen LogP contribution is 2.32. The average Bonchev–Trinajstić information content (AvgIpc) is 2.73. The molecule has 0 saturated carbocycles. The number of nitrogens with zero attached hydrogens (tertiary/aromatic N) is 3. The number of hydrogen-bond donors (Lipinski definition) is 2. The molecular weight excluding hydrogens is 291 g/mol. The molecule has 2 aromatic heterocycles. The lowest BCUT2D eigenvalue weighted by Gasteiger charge is -2.24. The molecule has 9 heteroatoms. The van der Waals surface area contributed by atoms with Crippen molar-refractivity contribution in [3.63, 3.8) is 0 Å². The average molecular weight is 305 g/mol. The van der Waals surface area contributed by atoms with Gasteiger partial charge >= 0.3 is 6.18 Å². The zero-order valence-corrected chi connectivity index (χ0v) is 11.8. The molecule has 0 atom stereocenters. The van der Waals surface area contributed by atoms with Crippen molar-refractivity contribution < 1.29 is 13.2 Å². The van der Waals surface area contributed by atoms with Crippen LogP contribution in [0.3, 0.4) is 0 Å². The predicted octanol–water partition coefficient (Wildman–Crippen LogP) is 2.67. The first-order valence-corrected chi connectivity index (χ1v) is 6.72. The second kappa shape index (κ2) is 5.41. The molecule has 0 bridgehead atoms. The molecule has 5 nitrogen and oxygen atoms in total. The SMILES string of the molecule is CCN(CC(F)(F)F)c1nc(NN)nc2sc(C)cc12. The molecular formula is C11H14F3N5S. The summed E-state index contributed by atoms with van der Waals surface area (Å²) in [5.74, 6) is 5.62. The van der Waals surface area contributed by atoms with Crippen LogP contribution in [0.4, 0.5) is 24.9 Å². The van der Waals surface area contributed by atoms with E-state index in [4.69, 9.17) is 5.84 Å². The highest BCUT2D eigenvalue weighted by atomic mass is 32.1. The first-order valence-electron chi connectivity index (χ1n) is 5.90. The number of nitrogen functional groups attached to an aromatic ring is 1. The second-order valence-corrected chi connectivity index (χ2v) is 5.46. The Morgan fingerprint density at radius 3 is 2.65 bits per heavy atom. The smallest absolute Gasteiger partial charge is 0.347 e. The summed E-state index contributed by atoms with van der Waals surface area (Å²) in [6.07, 6.45) is -4.30. The molecule has 0 saturated heterocycles. The molecule has 0 radical (unpaired) electrons. The number of nitrogens with one attached hydrogen (secondary N) is 1. The number of alkyl halides is 3. The van der Waals surface area contributed by atoms with Crippen LogP contribution in [-0.2, 0) is 0 Å². The molecule has 0 aromatic carbocycles. The molecule has 110 valence electrons. The number of fused-ring (bicyclic) bond motifs is 1. The van der Waals surface area contributed by atoms with E-state index in [0.717, 1.165) is 9.78 Å². The third kappa shape index (κ3) is 3.10. The maximum absolute atomic E-state index is 12.6. The number of aryl methyl sites for hydroxylation is 1. The summed E-state index contributed by atoms with van der Waals surface area (Å²) < 4.78 is 37.9. The summed E-state index contributed by atoms with van der Waals surface area (Å²) in [5, 5.41) is 0.609. The molecule has 3 N–H and O–H groups in total. The van der Waals surface area contributed by atoms with E-state index >= 15 is 0 Å². The van der Waals surface area contributed by atoms with Gasteiger partial charge in [0.25, 0.3) is 0 Å². The fourth-order valence-corrected chi connectivity index (χ4v) is 2.76. The van der Waals surface area contributed by atoms with Gasteiger partial charge in [0.15, 0.2) is 0 Å². The Kier molecular flexibility index (Phi) is 4.00. The van der Waals surface area contributed by atoms with Crippen molar-refractivity contribution in [3.05, 3.63) is 10.9 Å². The quantitative estimate of drug-likeness (QED) is 0.671. The first kappa shape index (κ1) is 14.8. The van der Waals surface area contributed by atoms with Gasteiger partial charge in [0.1, 0.15) is 17.2 Å². The zero-order chi connectivity index (χ0) is 14.9. The van der Waals surface area contributed by atoms with E-state index in [2.05, 4.69) is 15.4 Å². The van der Waals surface area contributed by atoms with Gasteiger partial charge in [-0.25, -0.2) is 10.8 Å². The van der Waals surface area contributed by atoms with Crippen LogP contribution in [-0.4, -0.2) is 29.2 Å². The summed E-state index contributed by atoms with van der Waals surface area (Å²) in [4.78, 5) is 11.0. The Labute approximate surface area is 117 Å². The van der Waals surface area contributed by atoms with E-state index in [1.807, 2.05) is 6.92 Å². The molecule has 2 rings (SSSR count). The monoisotopic (exact) mass is 305 g/mol. The fraction of sp³-hybridized carbons (Fsp3) is 0.455. The van der Waals surface area contributed by atoms with Gasteiger partial charge in [0.05, 0.1) is 5.39 Å². The van der Waals surface area contributed by atoms with E-state index in [-0.39, 0.29) is 18.3 Å². The number of halogens is 3. The third-order valence-electron chi connectivity index (χ3n) is 2.68. The van der Waals surface area contributed by atoms with Gasteiger partial charge in [0.2, 0.25) is 5.95 Å². The lowest BCUT2D eigenvalue weighted by atomic mass is 10.3. The first-order chi connectivity index (χ1) is 9.34. The van der Waals surface area contributed by atoms with Gasteiger partial charge in [-0.3, -0.25) is 5.43 Å². The Morgan fingerprint density at radius 1 is 1.40 bits per heavy atom. The van der Waals surface area contributed by atoms with Crippen LogP contribution in [0, 0.1) is 6.92 Å². The molecule has 0 spiro atoms. The van der Waals surface area contributed by atoms with E-state index in [1.165, 1.54) is 11.3 Å². The van der Waals surface area contributed by atoms with Crippen LogP contribution in [0.15, 0.2) is 6.07 Å². The summed E-state index contributed by atoms with van der Waals surface area (Å²) in [5.41, 5.74) is 2.29. The molecule has 0 amide bonds. The fourth-order valence-electron chi connectivity index (χ4n) is 1.89. The lowest BCUT2D eigenvalue weighted by Crippen LogP contribution is -2.35. The van der Waals surface area contributed by atoms with Crippen molar-refractivity contribution in [2.24, 2.45) is 5.84 Å². The van der Waals surface area contributed by atoms with Gasteiger partial charge in [0, 0.05) is 11.4 Å². The summed E-state index contributed by atoms with van der Waals surface area (Å²) >= 11 is 1.39. The Hall–Kier alpha value is -1.61. The van der Waals surface area contributed by atoms with Crippen LogP contribution >= 0.6 is 11.3 Å². The Bertz CT molecular complexity index is 610. The molecule has 0 aliphatic rings. The standard InChI is InChI=1S/C11H14F3N5S/c1-3-19(5-11(12,13)14)8-7-4-6(2)20-9(7)17-10(16-8)18-15/h4H,3,5,15H2,1-2H3,(H,16,17,18). The van der Waals surface area contributed by atoms with Crippen molar-refractivity contribution in [3.8, 4) is 0 Å². The molecule has 2 aromatic rings. The van der Waals surface area contributed by atoms with Gasteiger partial charge in [-0.15, -0.1) is 11.3 Å². The van der Waals surface area contributed by atoms with Gasteiger partial charge in [-0.05, 0) is 19.9 Å². The van der Waals surface area contributed by atoms with Crippen LogP contribution < -0.4 is 16.2 Å². The molecule has 2 heterocycles. The Balaban J connectivity index is 2.54. The van der Waals surface area contributed by atoms with Crippen molar-refractivity contribution in [2.45, 2.75) is 20.0 Å². The maximum Gasteiger partial charge on any atom is 0.405 e. The molecule has 0 aliphatic carbocycles. The molecule has 20 heavy (non-hydrogen) atoms. The Morgan fingerprint density at radius 2 is 2.10 bits per heavy atom. The van der Waals surface area contributed by atoms with E-state index in [1.54, 1.807) is 13.0 Å². The number of hydrazine groups is 1. The summed E-state index contributed by atoms with van der Waals surface area (Å²) in [6, 6.07) is 1.79.